The van der Waals surface area contributed by atoms with Crippen LogP contribution in [0.5, 0.6) is 0 Å². The van der Waals surface area contributed by atoms with Crippen LogP contribution in [-0.2, 0) is 4.74 Å². The van der Waals surface area contributed by atoms with Crippen molar-refractivity contribution in [2.24, 2.45) is 0 Å². The molecule has 0 N–H and O–H groups in total. The van der Waals surface area contributed by atoms with Gasteiger partial charge in [-0.2, -0.15) is 0 Å². The molecule has 212 valence electrons. The zero-order valence-electron chi connectivity index (χ0n) is 25.1. The van der Waals surface area contributed by atoms with Crippen LogP contribution in [-0.4, -0.2) is 6.10 Å². The summed E-state index contributed by atoms with van der Waals surface area (Å²) in [6.45, 7) is 8.70. The third-order valence-electron chi connectivity index (χ3n) is 8.20. The highest BCUT2D eigenvalue weighted by Crippen LogP contribution is 2.34. The minimum atomic E-state index is 0.354. The topological polar surface area (TPSA) is 9.23 Å². The van der Waals surface area contributed by atoms with E-state index in [4.69, 9.17) is 4.74 Å². The quantitative estimate of drug-likeness (QED) is 0.0966. The van der Waals surface area contributed by atoms with E-state index in [0.29, 0.717) is 6.10 Å². The van der Waals surface area contributed by atoms with Crippen LogP contribution in [0.1, 0.15) is 194 Å². The second-order valence-corrected chi connectivity index (χ2v) is 11.8. The Hall–Kier alpha value is -0.720. The lowest BCUT2D eigenvalue weighted by Crippen LogP contribution is -2.28. The fourth-order valence-electron chi connectivity index (χ4n) is 5.65. The number of hydrogen-bond acceptors (Lipinski definition) is 1. The Labute approximate surface area is 228 Å². The molecule has 0 saturated carbocycles. The number of rotatable bonds is 28. The average Bonchev–Trinajstić information content (AvgIpc) is 2.88. The van der Waals surface area contributed by atoms with Crippen molar-refractivity contribution in [1.82, 2.24) is 0 Å². The van der Waals surface area contributed by atoms with E-state index in [0.717, 1.165) is 5.76 Å². The smallest absolute Gasteiger partial charge is 0.127 e. The lowest BCUT2D eigenvalue weighted by Gasteiger charge is -2.34. The molecule has 0 aromatic carbocycles. The maximum atomic E-state index is 5.86. The molecule has 1 fully saturated rings. The summed E-state index contributed by atoms with van der Waals surface area (Å²) >= 11 is 0. The van der Waals surface area contributed by atoms with E-state index in [1.807, 2.05) is 0 Å². The summed E-state index contributed by atoms with van der Waals surface area (Å²) in [5.74, 6) is 0.948. The van der Waals surface area contributed by atoms with Gasteiger partial charge in [-0.3, -0.25) is 0 Å². The van der Waals surface area contributed by atoms with Gasteiger partial charge in [0.25, 0.3) is 0 Å². The maximum absolute atomic E-state index is 5.86. The van der Waals surface area contributed by atoms with Crippen LogP contribution in [0.4, 0.5) is 0 Å². The van der Waals surface area contributed by atoms with E-state index in [1.165, 1.54) is 185 Å². The Morgan fingerprint density at radius 2 is 0.833 bits per heavy atom. The molecule has 0 spiro atoms. The zero-order valence-corrected chi connectivity index (χ0v) is 25.1. The normalized spacial score (nSPS) is 16.4. The predicted molar refractivity (Wildman–Crippen MR) is 163 cm³/mol. The standard InChI is InChI=1S/C35H66O/c1-4-6-8-10-12-14-16-17-18-19-20-22-23-25-27-29-31-34-33(3)36-35(34)32-30-28-26-24-21-15-13-11-9-7-5-2/h31,35H,3-30,32H2,1-2H3/b34-31-. The lowest BCUT2D eigenvalue weighted by molar-refractivity contribution is 0.0744. The minimum absolute atomic E-state index is 0.354. The molecule has 1 aliphatic rings. The van der Waals surface area contributed by atoms with Gasteiger partial charge in [0.1, 0.15) is 11.9 Å². The van der Waals surface area contributed by atoms with Crippen LogP contribution in [0.3, 0.4) is 0 Å². The summed E-state index contributed by atoms with van der Waals surface area (Å²) in [6, 6.07) is 0. The van der Waals surface area contributed by atoms with Gasteiger partial charge < -0.3 is 4.74 Å². The van der Waals surface area contributed by atoms with Gasteiger partial charge in [0.2, 0.25) is 0 Å². The first-order valence-electron chi connectivity index (χ1n) is 16.9. The van der Waals surface area contributed by atoms with Crippen LogP contribution in [0, 0.1) is 0 Å². The van der Waals surface area contributed by atoms with Gasteiger partial charge in [-0.15, -0.1) is 0 Å². The van der Waals surface area contributed by atoms with Crippen LogP contribution in [0.15, 0.2) is 24.0 Å². The average molecular weight is 503 g/mol. The van der Waals surface area contributed by atoms with Gasteiger partial charge in [0.15, 0.2) is 0 Å². The summed E-state index contributed by atoms with van der Waals surface area (Å²) in [7, 11) is 0. The van der Waals surface area contributed by atoms with Gasteiger partial charge in [-0.25, -0.2) is 0 Å². The molecule has 0 amide bonds. The van der Waals surface area contributed by atoms with Gasteiger partial charge in [-0.05, 0) is 25.7 Å². The molecule has 1 aliphatic heterocycles. The highest BCUT2D eigenvalue weighted by Gasteiger charge is 2.29. The zero-order chi connectivity index (χ0) is 25.9. The summed E-state index contributed by atoms with van der Waals surface area (Å²) in [6.07, 6.45) is 42.2. The highest BCUT2D eigenvalue weighted by molar-refractivity contribution is 5.35. The van der Waals surface area contributed by atoms with Crippen LogP contribution < -0.4 is 0 Å². The molecule has 1 atom stereocenters. The monoisotopic (exact) mass is 503 g/mol. The van der Waals surface area contributed by atoms with E-state index in [1.54, 1.807) is 0 Å². The van der Waals surface area contributed by atoms with E-state index < -0.39 is 0 Å². The molecule has 36 heavy (non-hydrogen) atoms. The highest BCUT2D eigenvalue weighted by atomic mass is 16.5. The van der Waals surface area contributed by atoms with Crippen molar-refractivity contribution in [3.8, 4) is 0 Å². The largest absolute Gasteiger partial charge is 0.486 e. The predicted octanol–water partition coefficient (Wildman–Crippen LogP) is 12.8. The Kier molecular flexibility index (Phi) is 24.0. The lowest BCUT2D eigenvalue weighted by atomic mass is 9.94. The second kappa shape index (κ2) is 25.9. The van der Waals surface area contributed by atoms with Gasteiger partial charge >= 0.3 is 0 Å². The molecule has 1 heteroatoms. The molecule has 0 aromatic rings. The number of hydrogen-bond donors (Lipinski definition) is 0. The molecule has 1 nitrogen and oxygen atoms in total. The Bertz CT molecular complexity index is 505. The Morgan fingerprint density at radius 3 is 1.19 bits per heavy atom. The van der Waals surface area contributed by atoms with Crippen molar-refractivity contribution in [2.45, 2.75) is 200 Å². The van der Waals surface area contributed by atoms with E-state index in [9.17, 15) is 0 Å². The summed E-state index contributed by atoms with van der Waals surface area (Å²) in [5, 5.41) is 0. The van der Waals surface area contributed by atoms with E-state index in [2.05, 4.69) is 26.5 Å². The molecule has 0 radical (unpaired) electrons. The van der Waals surface area contributed by atoms with Crippen molar-refractivity contribution in [1.29, 1.82) is 0 Å². The van der Waals surface area contributed by atoms with E-state index in [-0.39, 0.29) is 0 Å². The summed E-state index contributed by atoms with van der Waals surface area (Å²) in [4.78, 5) is 0. The van der Waals surface area contributed by atoms with Crippen LogP contribution in [0.25, 0.3) is 0 Å². The van der Waals surface area contributed by atoms with Crippen LogP contribution >= 0.6 is 0 Å². The van der Waals surface area contributed by atoms with Gasteiger partial charge in [-0.1, -0.05) is 181 Å². The number of ether oxygens (including phenoxy) is 1. The third-order valence-corrected chi connectivity index (χ3v) is 8.20. The van der Waals surface area contributed by atoms with Crippen molar-refractivity contribution < 1.29 is 4.74 Å². The van der Waals surface area contributed by atoms with Crippen molar-refractivity contribution in [2.75, 3.05) is 0 Å². The molecule has 1 rings (SSSR count). The Morgan fingerprint density at radius 1 is 0.500 bits per heavy atom. The number of allylic oxidation sites excluding steroid dienone is 1. The van der Waals surface area contributed by atoms with Crippen molar-refractivity contribution in [3.05, 3.63) is 24.0 Å². The first-order chi connectivity index (χ1) is 17.8. The Balaban J connectivity index is 1.85. The summed E-state index contributed by atoms with van der Waals surface area (Å²) < 4.78 is 5.86. The molecular formula is C35H66O. The molecule has 1 unspecified atom stereocenters. The first-order valence-corrected chi connectivity index (χ1v) is 16.9. The molecular weight excluding hydrogens is 436 g/mol. The maximum Gasteiger partial charge on any atom is 0.127 e. The molecule has 0 bridgehead atoms. The SMILES string of the molecule is C=C1OC(CCCCCCCCCCCCC)/C1=C\CCCCCCCCCCCCCCCCC. The van der Waals surface area contributed by atoms with Crippen molar-refractivity contribution >= 4 is 0 Å². The van der Waals surface area contributed by atoms with Gasteiger partial charge in [0, 0.05) is 5.57 Å². The fourth-order valence-corrected chi connectivity index (χ4v) is 5.65. The van der Waals surface area contributed by atoms with Crippen LogP contribution in [0.2, 0.25) is 0 Å². The molecule has 1 saturated heterocycles. The van der Waals surface area contributed by atoms with Gasteiger partial charge in [0.05, 0.1) is 0 Å². The number of unbranched alkanes of at least 4 members (excludes halogenated alkanes) is 25. The molecule has 1 heterocycles. The molecule has 0 aromatic heterocycles. The van der Waals surface area contributed by atoms with E-state index >= 15 is 0 Å². The minimum Gasteiger partial charge on any atom is -0.486 e. The van der Waals surface area contributed by atoms with Crippen molar-refractivity contribution in [3.63, 3.8) is 0 Å². The third kappa shape index (κ3) is 19.4. The first kappa shape index (κ1) is 33.3. The summed E-state index contributed by atoms with van der Waals surface area (Å²) in [5.41, 5.74) is 1.42. The fraction of sp³-hybridized carbons (Fsp3) is 0.886. The molecule has 0 aliphatic carbocycles. The second-order valence-electron chi connectivity index (χ2n) is 11.8.